The highest BCUT2D eigenvalue weighted by Crippen LogP contribution is 2.36. The van der Waals surface area contributed by atoms with Crippen molar-refractivity contribution in [1.29, 1.82) is 0 Å². The molecule has 1 heterocycles. The number of nitrogens with zero attached hydrogens (tertiary/aromatic N) is 2. The summed E-state index contributed by atoms with van der Waals surface area (Å²) in [5, 5.41) is 7.84. The lowest BCUT2D eigenvalue weighted by Gasteiger charge is -2.19. The van der Waals surface area contributed by atoms with Crippen LogP contribution in [0.2, 0.25) is 0 Å². The van der Waals surface area contributed by atoms with Crippen LogP contribution in [0.25, 0.3) is 6.08 Å². The molecule has 0 amide bonds. The van der Waals surface area contributed by atoms with Crippen LogP contribution in [0.4, 0.5) is 11.5 Å². The Bertz CT molecular complexity index is 1370. The number of nitrogens with one attached hydrogen (secondary N) is 1. The van der Waals surface area contributed by atoms with Crippen molar-refractivity contribution in [2.75, 3.05) is 5.32 Å². The van der Waals surface area contributed by atoms with Crippen molar-refractivity contribution < 1.29 is 8.42 Å². The van der Waals surface area contributed by atoms with Crippen LogP contribution >= 0.6 is 0 Å². The molecule has 32 heavy (non-hydrogen) atoms. The second-order valence-corrected chi connectivity index (χ2v) is 9.71. The van der Waals surface area contributed by atoms with E-state index in [4.69, 9.17) is 0 Å². The molecule has 0 saturated carbocycles. The predicted octanol–water partition coefficient (Wildman–Crippen LogP) is 5.53. The zero-order valence-corrected chi connectivity index (χ0v) is 18.5. The number of aryl methyl sites for hydroxylation is 1. The van der Waals surface area contributed by atoms with Crippen molar-refractivity contribution in [1.82, 2.24) is 9.19 Å². The first kappa shape index (κ1) is 20.3. The quantitative estimate of drug-likeness (QED) is 0.443. The number of fused-ring (bicyclic) bond motifs is 1. The maximum Gasteiger partial charge on any atom is 0.283 e. The molecule has 160 valence electrons. The highest BCUT2D eigenvalue weighted by Gasteiger charge is 2.30. The van der Waals surface area contributed by atoms with Gasteiger partial charge in [0.15, 0.2) is 5.82 Å². The van der Waals surface area contributed by atoms with Gasteiger partial charge in [-0.2, -0.15) is 12.5 Å². The second kappa shape index (κ2) is 8.13. The summed E-state index contributed by atoms with van der Waals surface area (Å²) in [4.78, 5) is 0.227. The van der Waals surface area contributed by atoms with Gasteiger partial charge in [0.25, 0.3) is 10.0 Å². The molecule has 6 heteroatoms. The Balaban J connectivity index is 1.62. The Hall–Kier alpha value is -3.64. The molecule has 0 saturated heterocycles. The Kier molecular flexibility index (Phi) is 5.15. The molecule has 1 atom stereocenters. The van der Waals surface area contributed by atoms with Gasteiger partial charge >= 0.3 is 0 Å². The fourth-order valence-electron chi connectivity index (χ4n) is 3.99. The average Bonchev–Trinajstić information content (AvgIpc) is 3.19. The maximum absolute atomic E-state index is 13.6. The van der Waals surface area contributed by atoms with E-state index in [-0.39, 0.29) is 10.8 Å². The molecule has 5 rings (SSSR count). The van der Waals surface area contributed by atoms with Gasteiger partial charge in [0, 0.05) is 23.6 Å². The summed E-state index contributed by atoms with van der Waals surface area (Å²) >= 11 is 0. The molecule has 0 fully saturated rings. The van der Waals surface area contributed by atoms with Gasteiger partial charge in [-0.15, -0.1) is 5.10 Å². The number of benzene rings is 3. The third kappa shape index (κ3) is 3.74. The fourth-order valence-corrected chi connectivity index (χ4v) is 5.32. The molecular weight excluding hydrogens is 418 g/mol. The van der Waals surface area contributed by atoms with Crippen molar-refractivity contribution in [2.45, 2.75) is 24.2 Å². The van der Waals surface area contributed by atoms with Crippen LogP contribution in [0.1, 0.15) is 28.3 Å². The largest absolute Gasteiger partial charge is 0.338 e. The summed E-state index contributed by atoms with van der Waals surface area (Å²) in [6.45, 7) is 1.93. The van der Waals surface area contributed by atoms with Crippen LogP contribution in [-0.2, 0) is 16.4 Å². The summed E-state index contributed by atoms with van der Waals surface area (Å²) in [5.74, 6) is 0.613. The smallest absolute Gasteiger partial charge is 0.283 e. The predicted molar refractivity (Wildman–Crippen MR) is 128 cm³/mol. The Labute approximate surface area is 188 Å². The zero-order valence-electron chi connectivity index (χ0n) is 17.6. The lowest BCUT2D eigenvalue weighted by molar-refractivity contribution is 0.575. The van der Waals surface area contributed by atoms with Crippen molar-refractivity contribution in [3.8, 4) is 0 Å². The molecule has 3 aromatic carbocycles. The molecule has 1 N–H and O–H groups in total. The minimum atomic E-state index is -3.84. The van der Waals surface area contributed by atoms with E-state index in [9.17, 15) is 8.42 Å². The highest BCUT2D eigenvalue weighted by molar-refractivity contribution is 7.89. The first-order valence-corrected chi connectivity index (χ1v) is 12.0. The van der Waals surface area contributed by atoms with E-state index < -0.39 is 10.0 Å². The molecular formula is C26H23N3O2S. The Morgan fingerprint density at radius 2 is 1.56 bits per heavy atom. The molecule has 5 nitrogen and oxygen atoms in total. The Morgan fingerprint density at radius 3 is 2.25 bits per heavy atom. The van der Waals surface area contributed by atoms with E-state index in [1.54, 1.807) is 24.3 Å². The Morgan fingerprint density at radius 1 is 0.906 bits per heavy atom. The SMILES string of the molecule is Cc1ccc(S(=O)(=O)n2nc(Nc3ccccc3)c3c2CC(c2ccccc2)C=C3)cc1. The number of allylic oxidation sites excluding steroid dienone is 1. The molecule has 4 aromatic rings. The topological polar surface area (TPSA) is 64.0 Å². The molecule has 1 aromatic heterocycles. The van der Waals surface area contributed by atoms with E-state index in [1.165, 1.54) is 4.09 Å². The molecule has 1 aliphatic carbocycles. The number of hydrogen-bond acceptors (Lipinski definition) is 4. The zero-order chi connectivity index (χ0) is 22.1. The lowest BCUT2D eigenvalue weighted by Crippen LogP contribution is -2.20. The fraction of sp³-hybridized carbons (Fsp3) is 0.115. The number of aromatic nitrogens is 2. The number of anilines is 2. The molecule has 0 radical (unpaired) electrons. The summed E-state index contributed by atoms with van der Waals surface area (Å²) in [6, 6.07) is 26.6. The third-order valence-corrected chi connectivity index (χ3v) is 7.33. The monoisotopic (exact) mass is 441 g/mol. The van der Waals surface area contributed by atoms with E-state index in [1.807, 2.05) is 61.5 Å². The standard InChI is InChI=1S/C26H23N3O2S/c1-19-12-15-23(16-13-19)32(30,31)29-25-18-21(20-8-4-2-5-9-20)14-17-24(25)26(28-29)27-22-10-6-3-7-11-22/h2-17,21H,18H2,1H3,(H,27,28). The van der Waals surface area contributed by atoms with Gasteiger partial charge in [0.05, 0.1) is 10.6 Å². The molecule has 1 aliphatic rings. The van der Waals surface area contributed by atoms with Crippen molar-refractivity contribution in [3.63, 3.8) is 0 Å². The van der Waals surface area contributed by atoms with Crippen LogP contribution in [0.5, 0.6) is 0 Å². The van der Waals surface area contributed by atoms with E-state index in [0.717, 1.165) is 22.4 Å². The van der Waals surface area contributed by atoms with Crippen molar-refractivity contribution in [3.05, 3.63) is 113 Å². The summed E-state index contributed by atoms with van der Waals surface area (Å²) in [7, 11) is -3.84. The van der Waals surface area contributed by atoms with Gasteiger partial charge in [0.1, 0.15) is 0 Å². The van der Waals surface area contributed by atoms with Crippen LogP contribution in [-0.4, -0.2) is 17.6 Å². The van der Waals surface area contributed by atoms with Crippen LogP contribution in [0.3, 0.4) is 0 Å². The van der Waals surface area contributed by atoms with Gasteiger partial charge in [-0.25, -0.2) is 0 Å². The molecule has 0 spiro atoms. The van der Waals surface area contributed by atoms with Gasteiger partial charge in [-0.05, 0) is 36.8 Å². The second-order valence-electron chi connectivity index (χ2n) is 7.94. The van der Waals surface area contributed by atoms with Gasteiger partial charge in [-0.1, -0.05) is 78.4 Å². The molecule has 0 aliphatic heterocycles. The number of hydrogen-bond donors (Lipinski definition) is 1. The molecule has 0 bridgehead atoms. The first-order chi connectivity index (χ1) is 15.5. The third-order valence-electron chi connectivity index (χ3n) is 5.71. The minimum absolute atomic E-state index is 0.0805. The lowest BCUT2D eigenvalue weighted by atomic mass is 9.88. The summed E-state index contributed by atoms with van der Waals surface area (Å²) in [6.07, 6.45) is 4.65. The average molecular weight is 442 g/mol. The highest BCUT2D eigenvalue weighted by atomic mass is 32.2. The minimum Gasteiger partial charge on any atom is -0.338 e. The van der Waals surface area contributed by atoms with E-state index in [0.29, 0.717) is 17.9 Å². The maximum atomic E-state index is 13.6. The molecule has 1 unspecified atom stereocenters. The van der Waals surface area contributed by atoms with Crippen molar-refractivity contribution in [2.24, 2.45) is 0 Å². The number of rotatable bonds is 5. The summed E-state index contributed by atoms with van der Waals surface area (Å²) < 4.78 is 28.4. The number of para-hydroxylation sites is 1. The van der Waals surface area contributed by atoms with Crippen LogP contribution in [0, 0.1) is 6.92 Å². The first-order valence-electron chi connectivity index (χ1n) is 10.5. The van der Waals surface area contributed by atoms with E-state index in [2.05, 4.69) is 28.6 Å². The normalized spacial score (nSPS) is 15.3. The van der Waals surface area contributed by atoms with Crippen LogP contribution in [0.15, 0.2) is 95.9 Å². The summed E-state index contributed by atoms with van der Waals surface area (Å²) in [5.41, 5.74) is 4.49. The van der Waals surface area contributed by atoms with E-state index >= 15 is 0 Å². The van der Waals surface area contributed by atoms with Crippen molar-refractivity contribution >= 4 is 27.6 Å². The van der Waals surface area contributed by atoms with Gasteiger partial charge in [0.2, 0.25) is 0 Å². The van der Waals surface area contributed by atoms with Gasteiger partial charge in [-0.3, -0.25) is 0 Å². The van der Waals surface area contributed by atoms with Crippen LogP contribution < -0.4 is 5.32 Å². The van der Waals surface area contributed by atoms with Gasteiger partial charge < -0.3 is 5.32 Å².